The molecule has 0 unspecified atom stereocenters. The molecule has 0 aliphatic carbocycles. The predicted octanol–water partition coefficient (Wildman–Crippen LogP) is 18.4. The third-order valence-electron chi connectivity index (χ3n) is 16.3. The maximum Gasteiger partial charge on any atom is 0.252 e. The topological polar surface area (TPSA) is 35.2 Å². The fraction of sp³-hybridized carbons (Fsp3) is 0.0519. The highest BCUT2D eigenvalue weighted by molar-refractivity contribution is 7.00. The van der Waals surface area contributed by atoms with Crippen LogP contribution in [0.4, 0.5) is 34.1 Å². The molecule has 0 atom stereocenters. The Morgan fingerprint density at radius 1 is 0.390 bits per heavy atom. The van der Waals surface area contributed by atoms with Crippen molar-refractivity contribution in [3.8, 4) is 67.4 Å². The summed E-state index contributed by atoms with van der Waals surface area (Å²) in [4.78, 5) is 4.47. The molecular formula is C77H55BN4. The molecular weight excluding hydrogens is 992 g/mol. The summed E-state index contributed by atoms with van der Waals surface area (Å²) in [6.07, 6.45) is 0. The molecule has 15 rings (SSSR count). The maximum absolute atomic E-state index is 11.3. The number of benzene rings is 12. The van der Waals surface area contributed by atoms with Gasteiger partial charge in [0.1, 0.15) is 6.07 Å². The van der Waals surface area contributed by atoms with Crippen LogP contribution in [0.2, 0.25) is 0 Å². The molecule has 0 bridgehead atoms. The Morgan fingerprint density at radius 2 is 0.902 bits per heavy atom. The van der Waals surface area contributed by atoms with E-state index in [1.165, 1.54) is 0 Å². The van der Waals surface area contributed by atoms with Crippen LogP contribution in [0.1, 0.15) is 45.6 Å². The second-order valence-electron chi connectivity index (χ2n) is 22.1. The lowest BCUT2D eigenvalue weighted by Crippen LogP contribution is -2.61. The van der Waals surface area contributed by atoms with Crippen LogP contribution in [-0.4, -0.2) is 11.3 Å². The summed E-state index contributed by atoms with van der Waals surface area (Å²) in [6, 6.07) is 72.2. The highest BCUT2D eigenvalue weighted by Crippen LogP contribution is 2.50. The lowest BCUT2D eigenvalue weighted by molar-refractivity contribution is 0.590. The normalized spacial score (nSPS) is 14.2. The average molecular weight is 1060 g/mol. The van der Waals surface area contributed by atoms with Crippen LogP contribution in [0.15, 0.2) is 279 Å². The molecule has 1 aromatic heterocycles. The van der Waals surface area contributed by atoms with Gasteiger partial charge in [0.05, 0.1) is 41.7 Å². The van der Waals surface area contributed by atoms with Crippen molar-refractivity contribution in [1.82, 2.24) is 4.57 Å². The molecule has 0 saturated heterocycles. The van der Waals surface area contributed by atoms with Gasteiger partial charge in [-0.25, -0.2) is 0 Å². The molecule has 0 spiro atoms. The Hall–Kier alpha value is -10.4. The van der Waals surface area contributed by atoms with Crippen molar-refractivity contribution in [2.45, 2.75) is 26.2 Å². The van der Waals surface area contributed by atoms with Gasteiger partial charge in [-0.15, -0.1) is 0 Å². The molecule has 3 heterocycles. The second kappa shape index (κ2) is 19.4. The minimum absolute atomic E-state index is 0.0419. The third-order valence-corrected chi connectivity index (χ3v) is 16.3. The number of rotatable bonds is 8. The van der Waals surface area contributed by atoms with E-state index in [4.69, 9.17) is 8.22 Å². The van der Waals surface area contributed by atoms with Gasteiger partial charge in [-0.3, -0.25) is 0 Å². The van der Waals surface area contributed by atoms with E-state index in [0.717, 1.165) is 94.2 Å². The number of para-hydroxylation sites is 1. The monoisotopic (exact) mass is 1060 g/mol. The van der Waals surface area contributed by atoms with Gasteiger partial charge in [-0.05, 0) is 150 Å². The van der Waals surface area contributed by atoms with Crippen molar-refractivity contribution in [3.63, 3.8) is 0 Å². The second-order valence-corrected chi connectivity index (χ2v) is 22.1. The Morgan fingerprint density at radius 3 is 1.51 bits per heavy atom. The smallest absolute Gasteiger partial charge is 0.252 e. The Balaban J connectivity index is 1.06. The number of nitriles is 1. The summed E-state index contributed by atoms with van der Waals surface area (Å²) in [5.41, 5.74) is 17.3. The molecule has 13 aromatic rings. The van der Waals surface area contributed by atoms with Crippen LogP contribution < -0.4 is 26.2 Å². The van der Waals surface area contributed by atoms with Gasteiger partial charge < -0.3 is 14.4 Å². The van der Waals surface area contributed by atoms with Crippen LogP contribution in [0, 0.1) is 11.3 Å². The summed E-state index contributed by atoms with van der Waals surface area (Å²) in [6.45, 7) is 5.95. The molecule has 0 fully saturated rings. The molecule has 0 amide bonds. The van der Waals surface area contributed by atoms with Crippen LogP contribution in [0.5, 0.6) is 0 Å². The first-order valence-corrected chi connectivity index (χ1v) is 27.5. The molecule has 0 radical (unpaired) electrons. The van der Waals surface area contributed by atoms with Crippen molar-refractivity contribution < 1.29 is 13.7 Å². The zero-order chi connectivity index (χ0) is 63.8. The molecule has 82 heavy (non-hydrogen) atoms. The molecule has 5 heteroatoms. The first kappa shape index (κ1) is 39.0. The Labute approximate surface area is 493 Å². The quantitative estimate of drug-likeness (QED) is 0.142. The Bertz CT molecular complexity index is 5250. The van der Waals surface area contributed by atoms with Gasteiger partial charge in [0.2, 0.25) is 0 Å². The first-order chi connectivity index (χ1) is 44.4. The van der Waals surface area contributed by atoms with Gasteiger partial charge in [0.15, 0.2) is 0 Å². The summed E-state index contributed by atoms with van der Waals surface area (Å²) in [5.74, 6) is 0. The highest BCUT2D eigenvalue weighted by Gasteiger charge is 2.45. The fourth-order valence-corrected chi connectivity index (χ4v) is 12.4. The minimum atomic E-state index is -0.563. The number of hydrogen-bond acceptors (Lipinski definition) is 3. The number of anilines is 6. The van der Waals surface area contributed by atoms with Crippen LogP contribution in [-0.2, 0) is 5.41 Å². The van der Waals surface area contributed by atoms with E-state index < -0.39 is 48.4 Å². The largest absolute Gasteiger partial charge is 0.311 e. The molecule has 2 aliphatic rings. The minimum Gasteiger partial charge on any atom is -0.311 e. The number of nitrogens with zero attached hydrogens (tertiary/aromatic N) is 4. The van der Waals surface area contributed by atoms with E-state index in [9.17, 15) is 10.7 Å². The predicted molar refractivity (Wildman–Crippen MR) is 345 cm³/mol. The zero-order valence-electron chi connectivity index (χ0n) is 55.2. The molecule has 386 valence electrons. The first-order valence-electron chi connectivity index (χ1n) is 32.5. The Kier molecular flexibility index (Phi) is 9.26. The van der Waals surface area contributed by atoms with Crippen molar-refractivity contribution in [1.29, 1.82) is 5.26 Å². The van der Waals surface area contributed by atoms with Crippen LogP contribution >= 0.6 is 0 Å². The van der Waals surface area contributed by atoms with Crippen LogP contribution in [0.3, 0.4) is 0 Å². The van der Waals surface area contributed by atoms with Crippen molar-refractivity contribution >= 4 is 79.0 Å². The average Bonchev–Trinajstić information content (AvgIpc) is 0.816. The van der Waals surface area contributed by atoms with E-state index in [2.05, 4.69) is 144 Å². The SMILES string of the molecule is [2H]c1c([2H])c([2H])c(-c2ccc3c(c2)N(c2ccc(C#N)c(-n4c5ccccc5c5cc(-c6ccccc6)ccc54)c2)c2cc(C(C)(C)C)cc4c2B3c2ccc(-c3c([2H])c([2H])c([2H])c([2H])c3[2H])cc2N4c2ccc(-c3ccccc3)cc2-c2ccccc2)c([2H])c1[2H]. The third kappa shape index (κ3) is 8.06. The van der Waals surface area contributed by atoms with Crippen molar-refractivity contribution in [2.24, 2.45) is 0 Å². The van der Waals surface area contributed by atoms with Crippen molar-refractivity contribution in [3.05, 3.63) is 290 Å². The van der Waals surface area contributed by atoms with Gasteiger partial charge in [0, 0.05) is 44.8 Å². The van der Waals surface area contributed by atoms with Crippen LogP contribution in [0.25, 0.3) is 83.1 Å². The van der Waals surface area contributed by atoms with Gasteiger partial charge in [-0.1, -0.05) is 227 Å². The fourth-order valence-electron chi connectivity index (χ4n) is 12.4. The summed E-state index contributed by atoms with van der Waals surface area (Å²) in [5, 5.41) is 13.3. The summed E-state index contributed by atoms with van der Waals surface area (Å²) >= 11 is 0. The van der Waals surface area contributed by atoms with Gasteiger partial charge in [0.25, 0.3) is 6.71 Å². The number of hydrogen-bond donors (Lipinski definition) is 0. The lowest BCUT2D eigenvalue weighted by Gasteiger charge is -2.45. The standard InChI is InChI=1S/C77H55BN4/c1-77(2,3)61-47-74-76-75(48-61)82(69-41-36-56(51-21-9-4-10-22-51)43-64(69)55-29-17-8-18-30-55)73-46-59(54-27-15-7-16-28-54)35-40-67(73)78(76)66-39-34-58(53-25-13-6-14-26-53)45-72(66)80(74)62-38-33-60(50-79)71(49-62)81-68-32-20-19-31-63(68)65-44-57(37-42-70(65)81)52-23-11-5-12-24-52/h4-49H,1-3H3/i6D,7D,13D,14D,15D,16D,25D,26D,27D,28D. The molecule has 2 aliphatic heterocycles. The van der Waals surface area contributed by atoms with E-state index in [-0.39, 0.29) is 35.3 Å². The molecule has 4 nitrogen and oxygen atoms in total. The van der Waals surface area contributed by atoms with Gasteiger partial charge in [-0.2, -0.15) is 5.26 Å². The van der Waals surface area contributed by atoms with Crippen molar-refractivity contribution in [2.75, 3.05) is 9.80 Å². The molecule has 12 aromatic carbocycles. The summed E-state index contributed by atoms with van der Waals surface area (Å²) < 4.78 is 91.9. The zero-order valence-corrected chi connectivity index (χ0v) is 45.2. The highest BCUT2D eigenvalue weighted by atomic mass is 15.2. The molecule has 0 saturated carbocycles. The van der Waals surface area contributed by atoms with E-state index >= 15 is 0 Å². The molecule has 0 N–H and O–H groups in total. The van der Waals surface area contributed by atoms with Gasteiger partial charge >= 0.3 is 0 Å². The van der Waals surface area contributed by atoms with E-state index in [1.54, 1.807) is 0 Å². The van der Waals surface area contributed by atoms with E-state index in [1.807, 2.05) is 115 Å². The summed E-state index contributed by atoms with van der Waals surface area (Å²) in [7, 11) is 0. The number of fused-ring (bicyclic) bond motifs is 7. The lowest BCUT2D eigenvalue weighted by atomic mass is 9.33. The maximum atomic E-state index is 11.3. The number of aromatic nitrogens is 1. The van der Waals surface area contributed by atoms with E-state index in [0.29, 0.717) is 39.4 Å².